The molecule has 9 heteroatoms. The monoisotopic (exact) mass is 510 g/mol. The number of allylic oxidation sites excluding steroid dienone is 1. The number of nitrogens with two attached hydrogens (primary N) is 1. The zero-order chi connectivity index (χ0) is 26.2. The zero-order valence-corrected chi connectivity index (χ0v) is 21.8. The highest BCUT2D eigenvalue weighted by atomic mass is 16.1. The molecule has 1 aliphatic carbocycles. The number of rotatable bonds is 7. The molecule has 1 atom stereocenters. The minimum absolute atomic E-state index is 0.161. The Morgan fingerprint density at radius 3 is 2.63 bits per heavy atom. The Hall–Kier alpha value is -3.98. The molecule has 38 heavy (non-hydrogen) atoms. The molecule has 0 radical (unpaired) electrons. The molecule has 0 amide bonds. The molecule has 1 aliphatic heterocycles. The van der Waals surface area contributed by atoms with Crippen molar-refractivity contribution in [3.8, 4) is 5.82 Å². The fourth-order valence-electron chi connectivity index (χ4n) is 5.69. The van der Waals surface area contributed by atoms with E-state index in [1.807, 2.05) is 22.9 Å². The molecule has 4 heterocycles. The first-order valence-electron chi connectivity index (χ1n) is 13.5. The molecule has 0 saturated carbocycles. The molecular weight excluding hydrogens is 476 g/mol. The van der Waals surface area contributed by atoms with Crippen LogP contribution in [-0.2, 0) is 13.0 Å². The van der Waals surface area contributed by atoms with Crippen LogP contribution in [0.2, 0.25) is 0 Å². The van der Waals surface area contributed by atoms with Crippen molar-refractivity contribution in [2.24, 2.45) is 5.73 Å². The number of piperidine rings is 1. The Bertz CT molecular complexity index is 1530. The second kappa shape index (κ2) is 10.1. The quantitative estimate of drug-likeness (QED) is 0.358. The Labute approximate surface area is 222 Å². The average molecular weight is 511 g/mol. The smallest absolute Gasteiger partial charge is 0.278 e. The summed E-state index contributed by atoms with van der Waals surface area (Å²) < 4.78 is 3.43. The maximum Gasteiger partial charge on any atom is 0.278 e. The number of hydrogen-bond donors (Lipinski definition) is 2. The standard InChI is InChI=1S/C29H34N8O/c1-3-15-36-28(38)24-18-31-29(32-22-8-10-23(11-9-22)35-16-13-21(30)14-17-35)34-27(24)37(36)25-12-7-20-6-5-19(4-2)26(20)33-25/h3,7-12,18-19,21H,1,4-6,13-17,30H2,2H3,(H,31,32,34). The molecule has 9 nitrogen and oxygen atoms in total. The normalized spacial score (nSPS) is 17.6. The number of nitrogens with one attached hydrogen (secondary N) is 1. The van der Waals surface area contributed by atoms with Gasteiger partial charge in [-0.25, -0.2) is 19.3 Å². The number of pyridine rings is 1. The largest absolute Gasteiger partial charge is 0.371 e. The number of anilines is 3. The van der Waals surface area contributed by atoms with E-state index >= 15 is 0 Å². The van der Waals surface area contributed by atoms with E-state index < -0.39 is 0 Å². The van der Waals surface area contributed by atoms with Crippen molar-refractivity contribution in [2.45, 2.75) is 57.5 Å². The van der Waals surface area contributed by atoms with Gasteiger partial charge in [0.1, 0.15) is 5.39 Å². The lowest BCUT2D eigenvalue weighted by Gasteiger charge is -2.32. The summed E-state index contributed by atoms with van der Waals surface area (Å²) in [5.74, 6) is 1.56. The molecule has 1 unspecified atom stereocenters. The van der Waals surface area contributed by atoms with Gasteiger partial charge >= 0.3 is 0 Å². The van der Waals surface area contributed by atoms with Gasteiger partial charge in [0.15, 0.2) is 11.5 Å². The maximum atomic E-state index is 13.3. The van der Waals surface area contributed by atoms with Crippen LogP contribution in [-0.4, -0.2) is 43.4 Å². The van der Waals surface area contributed by atoms with E-state index in [1.54, 1.807) is 17.0 Å². The Kier molecular flexibility index (Phi) is 6.45. The first-order valence-corrected chi connectivity index (χ1v) is 13.5. The van der Waals surface area contributed by atoms with E-state index in [1.165, 1.54) is 11.3 Å². The van der Waals surface area contributed by atoms with E-state index in [4.69, 9.17) is 15.7 Å². The molecular formula is C29H34N8O. The molecule has 4 aromatic rings. The SMILES string of the molecule is C=CCn1c(=O)c2cnc(Nc3ccc(N4CCC(N)CC4)cc3)nc2n1-c1ccc2c(n1)C(CC)CC2. The fourth-order valence-corrected chi connectivity index (χ4v) is 5.69. The van der Waals surface area contributed by atoms with Gasteiger partial charge in [-0.3, -0.25) is 4.79 Å². The molecule has 0 spiro atoms. The molecule has 1 fully saturated rings. The summed E-state index contributed by atoms with van der Waals surface area (Å²) in [6.07, 6.45) is 8.55. The average Bonchev–Trinajstić information content (AvgIpc) is 3.47. The number of fused-ring (bicyclic) bond motifs is 2. The highest BCUT2D eigenvalue weighted by Crippen LogP contribution is 2.34. The Morgan fingerprint density at radius 1 is 1.11 bits per heavy atom. The third-order valence-electron chi connectivity index (χ3n) is 7.86. The molecule has 3 N–H and O–H groups in total. The van der Waals surface area contributed by atoms with Gasteiger partial charge in [-0.15, -0.1) is 6.58 Å². The summed E-state index contributed by atoms with van der Waals surface area (Å²) in [5.41, 5.74) is 10.9. The Balaban J connectivity index is 1.34. The number of benzene rings is 1. The van der Waals surface area contributed by atoms with Crippen LogP contribution in [0.4, 0.5) is 17.3 Å². The molecule has 0 bridgehead atoms. The van der Waals surface area contributed by atoms with Crippen molar-refractivity contribution in [3.63, 3.8) is 0 Å². The maximum absolute atomic E-state index is 13.3. The third-order valence-corrected chi connectivity index (χ3v) is 7.86. The minimum atomic E-state index is -0.161. The predicted octanol–water partition coefficient (Wildman–Crippen LogP) is 4.27. The minimum Gasteiger partial charge on any atom is -0.371 e. The first kappa shape index (κ1) is 24.4. The van der Waals surface area contributed by atoms with Gasteiger partial charge < -0.3 is 16.0 Å². The van der Waals surface area contributed by atoms with Crippen LogP contribution in [0, 0.1) is 0 Å². The van der Waals surface area contributed by atoms with Crippen molar-refractivity contribution in [2.75, 3.05) is 23.3 Å². The zero-order valence-electron chi connectivity index (χ0n) is 21.8. The second-order valence-corrected chi connectivity index (χ2v) is 10.3. The summed E-state index contributed by atoms with van der Waals surface area (Å²) in [6.45, 7) is 8.35. The molecule has 3 aromatic heterocycles. The predicted molar refractivity (Wildman–Crippen MR) is 152 cm³/mol. The van der Waals surface area contributed by atoms with Gasteiger partial charge in [-0.2, -0.15) is 4.98 Å². The highest BCUT2D eigenvalue weighted by Gasteiger charge is 2.25. The molecule has 196 valence electrons. The van der Waals surface area contributed by atoms with Gasteiger partial charge in [-0.1, -0.05) is 19.1 Å². The van der Waals surface area contributed by atoms with Gasteiger partial charge in [0.05, 0.1) is 6.54 Å². The van der Waals surface area contributed by atoms with Crippen LogP contribution >= 0.6 is 0 Å². The summed E-state index contributed by atoms with van der Waals surface area (Å²) in [6, 6.07) is 12.7. The van der Waals surface area contributed by atoms with Crippen LogP contribution in [0.15, 0.2) is 60.0 Å². The molecule has 2 aliphatic rings. The lowest BCUT2D eigenvalue weighted by molar-refractivity contribution is 0.501. The summed E-state index contributed by atoms with van der Waals surface area (Å²) in [7, 11) is 0. The third kappa shape index (κ3) is 4.36. The van der Waals surface area contributed by atoms with Crippen molar-refractivity contribution >= 4 is 28.4 Å². The lowest BCUT2D eigenvalue weighted by atomic mass is 10.0. The van der Waals surface area contributed by atoms with Crippen molar-refractivity contribution in [1.82, 2.24) is 24.3 Å². The number of aromatic nitrogens is 5. The molecule has 6 rings (SSSR count). The topological polar surface area (TPSA) is 107 Å². The van der Waals surface area contributed by atoms with Crippen molar-refractivity contribution in [3.05, 3.63) is 76.9 Å². The number of aryl methyl sites for hydroxylation is 1. The van der Waals surface area contributed by atoms with E-state index in [0.717, 1.165) is 56.6 Å². The fraction of sp³-hybridized carbons (Fsp3) is 0.379. The van der Waals surface area contributed by atoms with E-state index in [-0.39, 0.29) is 5.56 Å². The van der Waals surface area contributed by atoms with E-state index in [2.05, 4.69) is 46.9 Å². The molecule has 1 saturated heterocycles. The van der Waals surface area contributed by atoms with Crippen LogP contribution in [0.25, 0.3) is 16.9 Å². The van der Waals surface area contributed by atoms with E-state index in [9.17, 15) is 4.79 Å². The van der Waals surface area contributed by atoms with Crippen molar-refractivity contribution < 1.29 is 0 Å². The number of nitrogens with zero attached hydrogens (tertiary/aromatic N) is 6. The highest BCUT2D eigenvalue weighted by molar-refractivity contribution is 5.77. The lowest BCUT2D eigenvalue weighted by Crippen LogP contribution is -2.39. The van der Waals surface area contributed by atoms with E-state index in [0.29, 0.717) is 41.3 Å². The summed E-state index contributed by atoms with van der Waals surface area (Å²) >= 11 is 0. The van der Waals surface area contributed by atoms with Crippen LogP contribution in [0.1, 0.15) is 49.8 Å². The van der Waals surface area contributed by atoms with Crippen LogP contribution in [0.3, 0.4) is 0 Å². The second-order valence-electron chi connectivity index (χ2n) is 10.3. The van der Waals surface area contributed by atoms with Crippen LogP contribution in [0.5, 0.6) is 0 Å². The van der Waals surface area contributed by atoms with Gasteiger partial charge in [-0.05, 0) is 68.0 Å². The summed E-state index contributed by atoms with van der Waals surface area (Å²) in [4.78, 5) is 29.9. The van der Waals surface area contributed by atoms with Crippen LogP contribution < -0.4 is 21.5 Å². The Morgan fingerprint density at radius 2 is 1.89 bits per heavy atom. The summed E-state index contributed by atoms with van der Waals surface area (Å²) in [5, 5.41) is 3.75. The molecule has 1 aromatic carbocycles. The number of hydrogen-bond acceptors (Lipinski definition) is 7. The van der Waals surface area contributed by atoms with Gasteiger partial charge in [0, 0.05) is 48.3 Å². The van der Waals surface area contributed by atoms with Gasteiger partial charge in [0.25, 0.3) is 5.56 Å². The van der Waals surface area contributed by atoms with Gasteiger partial charge in [0.2, 0.25) is 5.95 Å². The first-order chi connectivity index (χ1) is 18.6. The van der Waals surface area contributed by atoms with Crippen molar-refractivity contribution in [1.29, 1.82) is 0 Å².